The Hall–Kier alpha value is -2.42. The molecule has 0 spiro atoms. The molecule has 1 heterocycles. The Morgan fingerprint density at radius 3 is 2.46 bits per heavy atom. The van der Waals surface area contributed by atoms with Crippen LogP contribution in [0.15, 0.2) is 35.9 Å². The normalized spacial score (nSPS) is 20.2. The average Bonchev–Trinajstić information content (AvgIpc) is 2.92. The fraction of sp³-hybridized carbons (Fsp3) is 0.333. The largest absolute Gasteiger partial charge is 0.489 e. The number of ether oxygens (including phenoxy) is 1. The Balaban J connectivity index is 2.04. The van der Waals surface area contributed by atoms with Crippen molar-refractivity contribution in [2.75, 3.05) is 0 Å². The molecule has 1 atom stereocenters. The van der Waals surface area contributed by atoms with Crippen molar-refractivity contribution in [3.63, 3.8) is 0 Å². The van der Waals surface area contributed by atoms with E-state index in [1.54, 1.807) is 0 Å². The number of carbonyl (C=O) groups is 2. The number of Topliss-reactive ketones (excluding diaryl/α,β-unsaturated/α-hetero) is 2. The molecule has 3 nitrogen and oxygen atoms in total. The van der Waals surface area contributed by atoms with Gasteiger partial charge < -0.3 is 4.74 Å². The van der Waals surface area contributed by atoms with Crippen molar-refractivity contribution < 1.29 is 14.3 Å². The van der Waals surface area contributed by atoms with Crippen LogP contribution in [0.3, 0.4) is 0 Å². The van der Waals surface area contributed by atoms with Crippen molar-refractivity contribution in [2.45, 2.75) is 45.6 Å². The molecular weight excluding hydrogens is 300 g/mol. The van der Waals surface area contributed by atoms with Crippen molar-refractivity contribution in [3.05, 3.63) is 52.6 Å². The van der Waals surface area contributed by atoms with Crippen LogP contribution in [0.4, 0.5) is 0 Å². The summed E-state index contributed by atoms with van der Waals surface area (Å²) in [5.74, 6) is -0.209. The van der Waals surface area contributed by atoms with Gasteiger partial charge >= 0.3 is 0 Å². The van der Waals surface area contributed by atoms with E-state index >= 15 is 0 Å². The minimum atomic E-state index is -0.407. The summed E-state index contributed by atoms with van der Waals surface area (Å²) in [6, 6.07) is 10.1. The lowest BCUT2D eigenvalue weighted by atomic mass is 9.81. The summed E-state index contributed by atoms with van der Waals surface area (Å²) < 4.78 is 5.86. The molecule has 0 saturated carbocycles. The van der Waals surface area contributed by atoms with Crippen LogP contribution in [0, 0.1) is 0 Å². The van der Waals surface area contributed by atoms with Crippen LogP contribution in [0.2, 0.25) is 0 Å². The molecule has 0 radical (unpaired) electrons. The maximum Gasteiger partial charge on any atom is 0.234 e. The second-order valence-corrected chi connectivity index (χ2v) is 7.77. The number of carbonyl (C=O) groups excluding carboxylic acids is 2. The predicted molar refractivity (Wildman–Crippen MR) is 94.1 cm³/mol. The lowest BCUT2D eigenvalue weighted by Gasteiger charge is -2.22. The Morgan fingerprint density at radius 2 is 1.75 bits per heavy atom. The summed E-state index contributed by atoms with van der Waals surface area (Å²) in [4.78, 5) is 25.4. The zero-order valence-electron chi connectivity index (χ0n) is 14.4. The Kier molecular flexibility index (Phi) is 3.02. The van der Waals surface area contributed by atoms with Gasteiger partial charge in [0, 0.05) is 23.1 Å². The minimum Gasteiger partial charge on any atom is -0.489 e. The fourth-order valence-corrected chi connectivity index (χ4v) is 3.59. The predicted octanol–water partition coefficient (Wildman–Crippen LogP) is 4.42. The summed E-state index contributed by atoms with van der Waals surface area (Å²) in [5, 5.41) is 1.81. The van der Waals surface area contributed by atoms with Gasteiger partial charge in [-0.15, -0.1) is 0 Å². The highest BCUT2D eigenvalue weighted by atomic mass is 16.5. The standard InChI is InChI=1S/C21H20O3/c1-11-9-16-18(22)19(23)17-14(20(16)24-11)8-6-12-5-7-13(10-15(12)17)21(2,3)4/h5-8,10-11H,9H2,1-4H3. The molecule has 0 aromatic heterocycles. The van der Waals surface area contributed by atoms with Crippen LogP contribution in [0.5, 0.6) is 0 Å². The molecule has 1 aliphatic heterocycles. The van der Waals surface area contributed by atoms with E-state index in [2.05, 4.69) is 26.8 Å². The van der Waals surface area contributed by atoms with E-state index < -0.39 is 11.6 Å². The van der Waals surface area contributed by atoms with E-state index in [0.29, 0.717) is 23.3 Å². The van der Waals surface area contributed by atoms with E-state index in [1.165, 1.54) is 0 Å². The third-order valence-corrected chi connectivity index (χ3v) is 4.92. The average molecular weight is 320 g/mol. The Labute approximate surface area is 141 Å². The number of hydrogen-bond acceptors (Lipinski definition) is 3. The van der Waals surface area contributed by atoms with Crippen molar-refractivity contribution >= 4 is 28.1 Å². The summed E-state index contributed by atoms with van der Waals surface area (Å²) in [5.41, 5.74) is 2.91. The third kappa shape index (κ3) is 2.04. The lowest BCUT2D eigenvalue weighted by Crippen LogP contribution is -2.23. The summed E-state index contributed by atoms with van der Waals surface area (Å²) in [6.07, 6.45) is 0.452. The molecule has 24 heavy (non-hydrogen) atoms. The van der Waals surface area contributed by atoms with Crippen molar-refractivity contribution in [3.8, 4) is 0 Å². The monoisotopic (exact) mass is 320 g/mol. The molecule has 0 N–H and O–H groups in total. The molecule has 2 aromatic rings. The summed E-state index contributed by atoms with van der Waals surface area (Å²) in [6.45, 7) is 8.34. The highest BCUT2D eigenvalue weighted by Gasteiger charge is 2.39. The maximum absolute atomic E-state index is 12.8. The smallest absolute Gasteiger partial charge is 0.234 e. The highest BCUT2D eigenvalue weighted by Crippen LogP contribution is 2.41. The molecule has 1 aliphatic carbocycles. The Bertz CT molecular complexity index is 941. The summed E-state index contributed by atoms with van der Waals surface area (Å²) >= 11 is 0. The van der Waals surface area contributed by atoms with Gasteiger partial charge in [-0.2, -0.15) is 0 Å². The van der Waals surface area contributed by atoms with E-state index in [-0.39, 0.29) is 11.5 Å². The van der Waals surface area contributed by atoms with Gasteiger partial charge in [0.1, 0.15) is 11.9 Å². The van der Waals surface area contributed by atoms with Crippen LogP contribution in [-0.2, 0) is 14.9 Å². The fourth-order valence-electron chi connectivity index (χ4n) is 3.59. The van der Waals surface area contributed by atoms with Crippen LogP contribution in [0.1, 0.15) is 55.6 Å². The number of ketones is 2. The van der Waals surface area contributed by atoms with Gasteiger partial charge in [0.05, 0.1) is 0 Å². The first-order valence-corrected chi connectivity index (χ1v) is 8.34. The SMILES string of the molecule is CC1CC2=C(O1)c1ccc3ccc(C(C)(C)C)cc3c1C(=O)C2=O. The van der Waals surface area contributed by atoms with Crippen LogP contribution in [-0.4, -0.2) is 17.7 Å². The zero-order chi connectivity index (χ0) is 17.2. The quantitative estimate of drug-likeness (QED) is 0.675. The van der Waals surface area contributed by atoms with E-state index in [1.807, 2.05) is 31.2 Å². The second-order valence-electron chi connectivity index (χ2n) is 7.77. The van der Waals surface area contributed by atoms with Gasteiger partial charge in [0.15, 0.2) is 0 Å². The van der Waals surface area contributed by atoms with E-state index in [4.69, 9.17) is 4.74 Å². The molecule has 3 heteroatoms. The van der Waals surface area contributed by atoms with Gasteiger partial charge in [-0.1, -0.05) is 39.0 Å². The molecule has 0 bridgehead atoms. The maximum atomic E-state index is 12.8. The van der Waals surface area contributed by atoms with Gasteiger partial charge in [-0.3, -0.25) is 9.59 Å². The van der Waals surface area contributed by atoms with Gasteiger partial charge in [0.25, 0.3) is 0 Å². The first-order chi connectivity index (χ1) is 11.3. The number of rotatable bonds is 0. The molecule has 4 rings (SSSR count). The van der Waals surface area contributed by atoms with E-state index in [9.17, 15) is 9.59 Å². The molecule has 2 aliphatic rings. The van der Waals surface area contributed by atoms with Crippen LogP contribution < -0.4 is 0 Å². The molecule has 0 saturated heterocycles. The van der Waals surface area contributed by atoms with Crippen LogP contribution >= 0.6 is 0 Å². The number of fused-ring (bicyclic) bond motifs is 4. The molecule has 0 amide bonds. The molecular formula is C21H20O3. The van der Waals surface area contributed by atoms with Crippen molar-refractivity contribution in [1.29, 1.82) is 0 Å². The lowest BCUT2D eigenvalue weighted by molar-refractivity contribution is -0.111. The summed E-state index contributed by atoms with van der Waals surface area (Å²) in [7, 11) is 0. The van der Waals surface area contributed by atoms with Crippen molar-refractivity contribution in [1.82, 2.24) is 0 Å². The molecule has 2 aromatic carbocycles. The van der Waals surface area contributed by atoms with Gasteiger partial charge in [-0.25, -0.2) is 0 Å². The number of hydrogen-bond donors (Lipinski definition) is 0. The zero-order valence-corrected chi connectivity index (χ0v) is 14.4. The Morgan fingerprint density at radius 1 is 1.04 bits per heavy atom. The second kappa shape index (κ2) is 4.79. The number of benzene rings is 2. The first-order valence-electron chi connectivity index (χ1n) is 8.34. The van der Waals surface area contributed by atoms with Crippen molar-refractivity contribution in [2.24, 2.45) is 0 Å². The topological polar surface area (TPSA) is 43.4 Å². The highest BCUT2D eigenvalue weighted by molar-refractivity contribution is 6.54. The molecule has 0 fully saturated rings. The minimum absolute atomic E-state index is 0.0264. The van der Waals surface area contributed by atoms with Gasteiger partial charge in [-0.05, 0) is 40.8 Å². The van der Waals surface area contributed by atoms with E-state index in [0.717, 1.165) is 21.9 Å². The van der Waals surface area contributed by atoms with Gasteiger partial charge in [0.2, 0.25) is 11.6 Å². The molecule has 1 unspecified atom stereocenters. The van der Waals surface area contributed by atoms with Crippen LogP contribution in [0.25, 0.3) is 16.5 Å². The third-order valence-electron chi connectivity index (χ3n) is 4.92. The molecule has 122 valence electrons. The first kappa shape index (κ1) is 15.1.